The Balaban J connectivity index is 0.000000159. The number of anilines is 4. The van der Waals surface area contributed by atoms with Gasteiger partial charge in [-0.15, -0.1) is 0 Å². The number of sulfone groups is 4. The van der Waals surface area contributed by atoms with Crippen molar-refractivity contribution in [3.63, 3.8) is 0 Å². The van der Waals surface area contributed by atoms with Crippen molar-refractivity contribution in [1.29, 1.82) is 0 Å². The van der Waals surface area contributed by atoms with Crippen LogP contribution in [0, 0.1) is 0 Å². The molecule has 12 N–H and O–H groups in total. The molecule has 0 amide bonds. The summed E-state index contributed by atoms with van der Waals surface area (Å²) in [6, 6.07) is 60.3. The minimum absolute atomic E-state index is 0.0181. The molecule has 0 bridgehead atoms. The van der Waals surface area contributed by atoms with Gasteiger partial charge in [0.25, 0.3) is 0 Å². The van der Waals surface area contributed by atoms with E-state index in [-0.39, 0.29) is 62.5 Å². The molecule has 0 aliphatic rings. The van der Waals surface area contributed by atoms with Gasteiger partial charge in [-0.2, -0.15) is 0 Å². The summed E-state index contributed by atoms with van der Waals surface area (Å²) in [6.45, 7) is 4.74. The molecule has 0 aliphatic carbocycles. The van der Waals surface area contributed by atoms with Crippen LogP contribution in [-0.4, -0.2) is 143 Å². The van der Waals surface area contributed by atoms with Crippen molar-refractivity contribution in [3.05, 3.63) is 265 Å². The molecule has 132 heavy (non-hydrogen) atoms. The predicted molar refractivity (Wildman–Crippen MR) is 512 cm³/mol. The first-order valence-corrected chi connectivity index (χ1v) is 47.1. The van der Waals surface area contributed by atoms with Crippen molar-refractivity contribution >= 4 is 62.6 Å². The van der Waals surface area contributed by atoms with Gasteiger partial charge in [0.1, 0.15) is 22.8 Å². The van der Waals surface area contributed by atoms with Gasteiger partial charge in [0, 0.05) is 107 Å². The van der Waals surface area contributed by atoms with Crippen molar-refractivity contribution in [2.45, 2.75) is 122 Å². The molecule has 0 saturated carbocycles. The van der Waals surface area contributed by atoms with Crippen molar-refractivity contribution in [3.8, 4) is 136 Å². The van der Waals surface area contributed by atoms with Crippen LogP contribution in [0.15, 0.2) is 281 Å². The van der Waals surface area contributed by atoms with E-state index in [2.05, 4.69) is 81.8 Å². The zero-order valence-electron chi connectivity index (χ0n) is 82.6. The summed E-state index contributed by atoms with van der Waals surface area (Å²) >= 11 is 0. The quantitative estimate of drug-likeness (QED) is 0.0226. The molecule has 8 heterocycles. The van der Waals surface area contributed by atoms with E-state index in [4.69, 9.17) is 54.7 Å². The maximum Gasteiger partial charge on any atom is 0.189 e. The number of nitrogens with two attached hydrogens (primary N) is 4. The monoisotopic (exact) mass is 1860 g/mol. The van der Waals surface area contributed by atoms with Crippen molar-refractivity contribution in [1.82, 2.24) is 81.8 Å². The van der Waals surface area contributed by atoms with Crippen molar-refractivity contribution in [2.75, 3.05) is 51.1 Å². The van der Waals surface area contributed by atoms with E-state index in [1.54, 1.807) is 120 Å². The molecule has 8 aromatic carbocycles. The van der Waals surface area contributed by atoms with Gasteiger partial charge in [0.05, 0.1) is 89.5 Å². The molecule has 8 aromatic heterocycles. The highest BCUT2D eigenvalue weighted by atomic mass is 32.2. The summed E-state index contributed by atoms with van der Waals surface area (Å²) in [6.07, 6.45) is 5.91. The maximum absolute atomic E-state index is 12.9. The van der Waals surface area contributed by atoms with E-state index in [1.807, 2.05) is 111 Å². The third-order valence-electron chi connectivity index (χ3n) is 20.6. The average molecular weight is 1860 g/mol. The molecule has 680 valence electrons. The Morgan fingerprint density at radius 1 is 0.303 bits per heavy atom. The third-order valence-corrected chi connectivity index (χ3v) is 28.6. The molecule has 0 atom stereocenters. The Morgan fingerprint density at radius 3 is 0.773 bits per heavy atom. The normalized spacial score (nSPS) is 13.1. The van der Waals surface area contributed by atoms with Gasteiger partial charge in [-0.3, -0.25) is 0 Å². The molecule has 36 heteroatoms. The van der Waals surface area contributed by atoms with E-state index in [9.17, 15) is 33.7 Å². The van der Waals surface area contributed by atoms with Crippen LogP contribution in [0.25, 0.3) is 136 Å². The largest absolute Gasteiger partial charge is 0.382 e. The number of aromatic nitrogens is 12. The molecule has 16 aromatic rings. The highest BCUT2D eigenvalue weighted by Crippen LogP contribution is 2.37. The smallest absolute Gasteiger partial charge is 0.189 e. The summed E-state index contributed by atoms with van der Waals surface area (Å²) in [5.74, 6) is 1.98. The highest BCUT2D eigenvalue weighted by Gasteiger charge is 2.27. The van der Waals surface area contributed by atoms with Gasteiger partial charge in [-0.05, 0) is 154 Å². The SMILES string of the molecule is [2H]C([2H])([2H])C(C([2H])([2H])[2H])S(=O)(=O)c1ccc(-c2cnc(N)c(-c3cc(-c4ccc(CNC)cc4)no3)n2)cc1.[2H]C([2H])NCc1ccc(-c2cc(-c3nc(-c4ccc(S(=O)(=O)C(C)C)cc4)cnc3N)on2)cc1.[2H]CNCc1ccc(-c2cc(-c3nc(-c4ccc(S(=O)(=O)C(C)C)cc4)cnc3N)on2)cc1.[2H]c1cc(-c2cnc(N)c(-c3cc(-c4ccc(CNC)cc4)no3)n2)ccc1S(=O)(=O)C(C)C. The van der Waals surface area contributed by atoms with Gasteiger partial charge in [-0.1, -0.05) is 166 Å². The molecule has 32 nitrogen and oxygen atoms in total. The molecule has 16 rings (SSSR count). The minimum atomic E-state index is -4.71. The summed E-state index contributed by atoms with van der Waals surface area (Å²) < 4.78 is 197. The maximum atomic E-state index is 12.9. The van der Waals surface area contributed by atoms with Crippen LogP contribution in [0.5, 0.6) is 0 Å². The lowest BCUT2D eigenvalue weighted by atomic mass is 10.1. The Bertz CT molecular complexity index is 7590. The second-order valence-electron chi connectivity index (χ2n) is 30.6. The Kier molecular flexibility index (Phi) is 25.9. The third kappa shape index (κ3) is 22.3. The lowest BCUT2D eigenvalue weighted by Crippen LogP contribution is -2.13. The molecule has 0 spiro atoms. The summed E-state index contributed by atoms with van der Waals surface area (Å²) in [5, 5.41) is 24.2. The number of rotatable bonds is 28. The van der Waals surface area contributed by atoms with Crippen LogP contribution >= 0.6 is 0 Å². The second kappa shape index (κ2) is 41.7. The van der Waals surface area contributed by atoms with Gasteiger partial charge in [-0.25, -0.2) is 73.5 Å². The van der Waals surface area contributed by atoms with Gasteiger partial charge in [0.2, 0.25) is 0 Å². The van der Waals surface area contributed by atoms with E-state index in [1.165, 1.54) is 49.1 Å². The van der Waals surface area contributed by atoms with Crippen LogP contribution in [0.2, 0.25) is 0 Å². The highest BCUT2D eigenvalue weighted by molar-refractivity contribution is 7.92. The fourth-order valence-corrected chi connectivity index (χ4v) is 16.8. The zero-order chi connectivity index (χ0) is 103. The summed E-state index contributed by atoms with van der Waals surface area (Å²) in [5.41, 5.74) is 39.7. The van der Waals surface area contributed by atoms with Crippen molar-refractivity contribution < 1.29 is 65.5 Å². The Morgan fingerprint density at radius 2 is 0.530 bits per heavy atom. The lowest BCUT2D eigenvalue weighted by Gasteiger charge is -2.09. The number of nitrogens with zero attached hydrogens (tertiary/aromatic N) is 12. The zero-order valence-corrected chi connectivity index (χ0v) is 75.9. The Labute approximate surface area is 779 Å². The molecule has 0 saturated heterocycles. The average Bonchev–Trinajstić information content (AvgIpc) is 1.46. The molecular formula is C96H100N20O12S4. The summed E-state index contributed by atoms with van der Waals surface area (Å²) in [4.78, 5) is 35.2. The topological polar surface area (TPSA) is 496 Å². The van der Waals surface area contributed by atoms with Crippen LogP contribution < -0.4 is 44.2 Å². The first-order valence-electron chi connectivity index (χ1n) is 46.2. The number of hydrogen-bond acceptors (Lipinski definition) is 32. The fraction of sp³-hybridized carbons (Fsp3) is 0.208. The molecule has 0 unspecified atom stereocenters. The van der Waals surface area contributed by atoms with E-state index < -0.39 is 85.9 Å². The van der Waals surface area contributed by atoms with Gasteiger partial charge in [0.15, 0.2) is 108 Å². The van der Waals surface area contributed by atoms with Crippen LogP contribution in [-0.2, 0) is 65.5 Å². The predicted octanol–water partition coefficient (Wildman–Crippen LogP) is 15.8. The van der Waals surface area contributed by atoms with Gasteiger partial charge < -0.3 is 62.3 Å². The number of benzene rings is 8. The number of hydrogen-bond donors (Lipinski definition) is 8. The van der Waals surface area contributed by atoms with E-state index in [0.29, 0.717) is 115 Å². The van der Waals surface area contributed by atoms with E-state index >= 15 is 0 Å². The standard InChI is InChI=1S/4C24H25N5O3S/c4*1-15(2)33(30,31)19-10-8-18(9-11-19)21-14-27-24(25)23(28-21)22-12-20(29-32-22)17-6-4-16(5-7-17)13-26-3/h4*4-12,14-15,26H,13H2,1-3H3,(H2,25,27)/i1D3,2D3;10D;3D2;3D. The van der Waals surface area contributed by atoms with Crippen LogP contribution in [0.1, 0.15) is 91.2 Å². The molecular weight excluding hydrogens is 1750 g/mol. The van der Waals surface area contributed by atoms with Crippen molar-refractivity contribution in [2.24, 2.45) is 0 Å². The fourth-order valence-electron chi connectivity index (χ4n) is 12.9. The minimum Gasteiger partial charge on any atom is -0.382 e. The number of nitrogen functional groups attached to an aromatic ring is 4. The summed E-state index contributed by atoms with van der Waals surface area (Å²) in [7, 11) is -11.1. The van der Waals surface area contributed by atoms with Crippen LogP contribution in [0.4, 0.5) is 23.3 Å². The van der Waals surface area contributed by atoms with Crippen LogP contribution in [0.3, 0.4) is 0 Å². The van der Waals surface area contributed by atoms with E-state index in [0.717, 1.165) is 69.7 Å². The second-order valence-corrected chi connectivity index (χ2v) is 40.2. The molecule has 0 aliphatic heterocycles. The van der Waals surface area contributed by atoms with Gasteiger partial charge >= 0.3 is 0 Å². The number of nitrogens with one attached hydrogen (secondary N) is 4. The first kappa shape index (κ1) is 82.2. The molecule has 0 fully saturated rings. The lowest BCUT2D eigenvalue weighted by molar-refractivity contribution is 0.433. The first-order chi connectivity index (χ1) is 67.3. The Hall–Kier alpha value is -14.2. The molecule has 0 radical (unpaired) electrons.